The second kappa shape index (κ2) is 8.68. The number of carbonyl (C=O) groups excluding carboxylic acids is 2. The second-order valence-electron chi connectivity index (χ2n) is 5.26. The summed E-state index contributed by atoms with van der Waals surface area (Å²) in [5, 5.41) is 8.03. The lowest BCUT2D eigenvalue weighted by molar-refractivity contribution is 0.168. The highest BCUT2D eigenvalue weighted by molar-refractivity contribution is 5.93. The molecule has 6 nitrogen and oxygen atoms in total. The van der Waals surface area contributed by atoms with Crippen molar-refractivity contribution in [3.63, 3.8) is 0 Å². The second-order valence-corrected chi connectivity index (χ2v) is 5.26. The molecule has 0 atom stereocenters. The van der Waals surface area contributed by atoms with Crippen LogP contribution < -0.4 is 16.0 Å². The van der Waals surface area contributed by atoms with E-state index < -0.39 is 12.1 Å². The summed E-state index contributed by atoms with van der Waals surface area (Å²) in [6.07, 6.45) is -0.552. The predicted octanol–water partition coefficient (Wildman–Crippen LogP) is 4.02. The molecule has 0 aliphatic heterocycles. The molecule has 0 aliphatic rings. The summed E-state index contributed by atoms with van der Waals surface area (Å²) in [5.74, 6) is -0.324. The molecule has 0 spiro atoms. The lowest BCUT2D eigenvalue weighted by atomic mass is 10.1. The Bertz CT molecular complexity index is 748. The van der Waals surface area contributed by atoms with E-state index >= 15 is 0 Å². The molecule has 3 amide bonds. The normalized spacial score (nSPS) is 10.0. The number of amides is 3. The van der Waals surface area contributed by atoms with Gasteiger partial charge in [0.05, 0.1) is 6.61 Å². The number of carbonyl (C=O) groups is 2. The van der Waals surface area contributed by atoms with Crippen LogP contribution in [0.4, 0.5) is 25.4 Å². The number of urea groups is 1. The smallest absolute Gasteiger partial charge is 0.411 e. The summed E-state index contributed by atoms with van der Waals surface area (Å²) in [5.41, 5.74) is 2.60. The highest BCUT2D eigenvalue weighted by Gasteiger charge is 2.10. The van der Waals surface area contributed by atoms with Crippen molar-refractivity contribution >= 4 is 23.5 Å². The van der Waals surface area contributed by atoms with Crippen LogP contribution in [0.1, 0.15) is 18.1 Å². The van der Waals surface area contributed by atoms with E-state index in [4.69, 9.17) is 4.74 Å². The minimum absolute atomic E-state index is 0.270. The maximum Gasteiger partial charge on any atom is 0.411 e. The summed E-state index contributed by atoms with van der Waals surface area (Å²) in [6, 6.07) is 10.6. The van der Waals surface area contributed by atoms with Crippen molar-refractivity contribution in [2.75, 3.05) is 17.2 Å². The number of anilines is 2. The number of ether oxygens (including phenoxy) is 1. The fourth-order valence-corrected chi connectivity index (χ4v) is 2.13. The molecule has 0 saturated heterocycles. The van der Waals surface area contributed by atoms with Crippen LogP contribution in [-0.2, 0) is 11.3 Å². The van der Waals surface area contributed by atoms with Crippen LogP contribution in [-0.4, -0.2) is 18.7 Å². The highest BCUT2D eigenvalue weighted by atomic mass is 19.1. The van der Waals surface area contributed by atoms with Crippen molar-refractivity contribution in [2.24, 2.45) is 0 Å². The van der Waals surface area contributed by atoms with Gasteiger partial charge in [-0.2, -0.15) is 0 Å². The number of hydrogen-bond donors (Lipinski definition) is 3. The SMILES string of the molecule is CCOC(=O)Nc1cccc(NC(=O)NCc2ccc(F)cc2)c1C. The predicted molar refractivity (Wildman–Crippen MR) is 94.1 cm³/mol. The summed E-state index contributed by atoms with van der Waals surface area (Å²) in [4.78, 5) is 23.6. The average Bonchev–Trinajstić information content (AvgIpc) is 2.58. The Balaban J connectivity index is 1.95. The minimum atomic E-state index is -0.552. The number of halogens is 1. The van der Waals surface area contributed by atoms with Crippen LogP contribution in [0, 0.1) is 12.7 Å². The Hall–Kier alpha value is -3.09. The van der Waals surface area contributed by atoms with Crippen LogP contribution in [0.25, 0.3) is 0 Å². The van der Waals surface area contributed by atoms with Gasteiger partial charge in [-0.15, -0.1) is 0 Å². The summed E-state index contributed by atoms with van der Waals surface area (Å²) < 4.78 is 17.7. The van der Waals surface area contributed by atoms with Gasteiger partial charge in [-0.1, -0.05) is 18.2 Å². The quantitative estimate of drug-likeness (QED) is 0.765. The standard InChI is InChI=1S/C18H20FN3O3/c1-3-25-18(24)22-16-6-4-5-15(12(16)2)21-17(23)20-11-13-7-9-14(19)10-8-13/h4-10H,3,11H2,1-2H3,(H,22,24)(H2,20,21,23). The molecule has 0 radical (unpaired) electrons. The fraction of sp³-hybridized carbons (Fsp3) is 0.222. The van der Waals surface area contributed by atoms with Gasteiger partial charge in [0.2, 0.25) is 0 Å². The van der Waals surface area contributed by atoms with Crippen molar-refractivity contribution in [1.82, 2.24) is 5.32 Å². The molecule has 2 aromatic carbocycles. The molecule has 2 aromatic rings. The first kappa shape index (κ1) is 18.3. The molecule has 0 unspecified atom stereocenters. The molecular formula is C18H20FN3O3. The van der Waals surface area contributed by atoms with Gasteiger partial charge in [-0.25, -0.2) is 14.0 Å². The third-order valence-electron chi connectivity index (χ3n) is 3.46. The lowest BCUT2D eigenvalue weighted by Gasteiger charge is -2.14. The molecular weight excluding hydrogens is 325 g/mol. The first-order valence-corrected chi connectivity index (χ1v) is 7.82. The first-order valence-electron chi connectivity index (χ1n) is 7.82. The fourth-order valence-electron chi connectivity index (χ4n) is 2.13. The number of nitrogens with one attached hydrogen (secondary N) is 3. The van der Waals surface area contributed by atoms with Gasteiger partial charge in [0, 0.05) is 17.9 Å². The monoisotopic (exact) mass is 345 g/mol. The van der Waals surface area contributed by atoms with Crippen LogP contribution in [0.3, 0.4) is 0 Å². The molecule has 0 aliphatic carbocycles. The Morgan fingerprint density at radius 1 is 1.04 bits per heavy atom. The molecule has 132 valence electrons. The maximum absolute atomic E-state index is 12.9. The molecule has 0 bridgehead atoms. The summed E-state index contributed by atoms with van der Waals surface area (Å²) in [6.45, 7) is 4.04. The molecule has 0 fully saturated rings. The Morgan fingerprint density at radius 3 is 2.32 bits per heavy atom. The highest BCUT2D eigenvalue weighted by Crippen LogP contribution is 2.23. The van der Waals surface area contributed by atoms with Crippen molar-refractivity contribution in [2.45, 2.75) is 20.4 Å². The zero-order chi connectivity index (χ0) is 18.2. The molecule has 0 heterocycles. The third kappa shape index (κ3) is 5.49. The van der Waals surface area contributed by atoms with Crippen molar-refractivity contribution in [1.29, 1.82) is 0 Å². The van der Waals surface area contributed by atoms with Gasteiger partial charge in [-0.3, -0.25) is 5.32 Å². The van der Waals surface area contributed by atoms with E-state index in [-0.39, 0.29) is 19.0 Å². The maximum atomic E-state index is 12.9. The zero-order valence-electron chi connectivity index (χ0n) is 14.1. The first-order chi connectivity index (χ1) is 12.0. The Kier molecular flexibility index (Phi) is 6.33. The van der Waals surface area contributed by atoms with Gasteiger partial charge in [0.25, 0.3) is 0 Å². The largest absolute Gasteiger partial charge is 0.450 e. The van der Waals surface area contributed by atoms with Crippen LogP contribution in [0.2, 0.25) is 0 Å². The molecule has 3 N–H and O–H groups in total. The van der Waals surface area contributed by atoms with E-state index in [1.807, 2.05) is 0 Å². The van der Waals surface area contributed by atoms with Gasteiger partial charge in [0.15, 0.2) is 0 Å². The molecule has 0 saturated carbocycles. The average molecular weight is 345 g/mol. The van der Waals surface area contributed by atoms with Crippen molar-refractivity contribution in [3.05, 3.63) is 59.4 Å². The molecule has 25 heavy (non-hydrogen) atoms. The zero-order valence-corrected chi connectivity index (χ0v) is 14.1. The van der Waals surface area contributed by atoms with E-state index in [2.05, 4.69) is 16.0 Å². The van der Waals surface area contributed by atoms with Crippen molar-refractivity contribution < 1.29 is 18.7 Å². The van der Waals surface area contributed by atoms with Gasteiger partial charge in [0.1, 0.15) is 5.82 Å². The molecule has 2 rings (SSSR count). The van der Waals surface area contributed by atoms with Gasteiger partial charge >= 0.3 is 12.1 Å². The van der Waals surface area contributed by atoms with E-state index in [1.165, 1.54) is 12.1 Å². The van der Waals surface area contributed by atoms with E-state index in [0.717, 1.165) is 5.56 Å². The van der Waals surface area contributed by atoms with Gasteiger partial charge < -0.3 is 15.4 Å². The van der Waals surface area contributed by atoms with Crippen LogP contribution in [0.5, 0.6) is 0 Å². The van der Waals surface area contributed by atoms with Crippen LogP contribution >= 0.6 is 0 Å². The van der Waals surface area contributed by atoms with Gasteiger partial charge in [-0.05, 0) is 49.2 Å². The number of hydrogen-bond acceptors (Lipinski definition) is 3. The molecule has 0 aromatic heterocycles. The topological polar surface area (TPSA) is 79.5 Å². The number of benzene rings is 2. The van der Waals surface area contributed by atoms with E-state index in [0.29, 0.717) is 16.9 Å². The Labute approximate surface area is 145 Å². The summed E-state index contributed by atoms with van der Waals surface area (Å²) in [7, 11) is 0. The third-order valence-corrected chi connectivity index (χ3v) is 3.46. The van der Waals surface area contributed by atoms with Crippen molar-refractivity contribution in [3.8, 4) is 0 Å². The van der Waals surface area contributed by atoms with E-state index in [1.54, 1.807) is 44.2 Å². The van der Waals surface area contributed by atoms with Crippen LogP contribution in [0.15, 0.2) is 42.5 Å². The molecule has 7 heteroatoms. The van der Waals surface area contributed by atoms with E-state index in [9.17, 15) is 14.0 Å². The lowest BCUT2D eigenvalue weighted by Crippen LogP contribution is -2.28. The summed E-state index contributed by atoms with van der Waals surface area (Å²) >= 11 is 0. The Morgan fingerprint density at radius 2 is 1.68 bits per heavy atom. The minimum Gasteiger partial charge on any atom is -0.450 e. The number of rotatable bonds is 5.